The summed E-state index contributed by atoms with van der Waals surface area (Å²) in [5.41, 5.74) is 1.85. The average molecular weight is 215 g/mol. The fourth-order valence-corrected chi connectivity index (χ4v) is 1.70. The third kappa shape index (κ3) is 2.48. The van der Waals surface area contributed by atoms with Gasteiger partial charge in [-0.2, -0.15) is 0 Å². The average Bonchev–Trinajstić information content (AvgIpc) is 2.12. The molecule has 1 aromatic carbocycles. The van der Waals surface area contributed by atoms with Crippen LogP contribution in [0.2, 0.25) is 5.02 Å². The SMILES string of the molecule is CCCc1cc(C(C)C)cc(Cl)c1F. The van der Waals surface area contributed by atoms with Crippen molar-refractivity contribution < 1.29 is 4.39 Å². The first kappa shape index (κ1) is 11.5. The van der Waals surface area contributed by atoms with Crippen LogP contribution in [-0.2, 0) is 6.42 Å². The molecule has 0 fully saturated rings. The summed E-state index contributed by atoms with van der Waals surface area (Å²) in [6.45, 7) is 6.20. The van der Waals surface area contributed by atoms with Crippen molar-refractivity contribution in [1.29, 1.82) is 0 Å². The topological polar surface area (TPSA) is 0 Å². The third-order valence-corrected chi connectivity index (χ3v) is 2.59. The van der Waals surface area contributed by atoms with Gasteiger partial charge in [-0.05, 0) is 29.5 Å². The molecule has 0 aliphatic rings. The van der Waals surface area contributed by atoms with E-state index in [-0.39, 0.29) is 10.8 Å². The molecule has 0 bridgehead atoms. The van der Waals surface area contributed by atoms with Gasteiger partial charge in [0.25, 0.3) is 0 Å². The first-order valence-electron chi connectivity index (χ1n) is 5.04. The second-order valence-electron chi connectivity index (χ2n) is 3.88. The van der Waals surface area contributed by atoms with E-state index in [4.69, 9.17) is 11.6 Å². The number of aryl methyl sites for hydroxylation is 1. The summed E-state index contributed by atoms with van der Waals surface area (Å²) in [6.07, 6.45) is 1.70. The zero-order valence-electron chi connectivity index (χ0n) is 8.90. The lowest BCUT2D eigenvalue weighted by atomic mass is 9.99. The Hall–Kier alpha value is -0.560. The number of halogens is 2. The highest BCUT2D eigenvalue weighted by Crippen LogP contribution is 2.26. The van der Waals surface area contributed by atoms with Gasteiger partial charge in [0.1, 0.15) is 5.82 Å². The lowest BCUT2D eigenvalue weighted by Crippen LogP contribution is -1.96. The Morgan fingerprint density at radius 1 is 1.36 bits per heavy atom. The summed E-state index contributed by atoms with van der Waals surface area (Å²) in [7, 11) is 0. The maximum atomic E-state index is 13.5. The molecule has 0 atom stereocenters. The van der Waals surface area contributed by atoms with Gasteiger partial charge >= 0.3 is 0 Å². The quantitative estimate of drug-likeness (QED) is 0.692. The van der Waals surface area contributed by atoms with Gasteiger partial charge in [-0.15, -0.1) is 0 Å². The predicted octanol–water partition coefficient (Wildman–Crippen LogP) is 4.56. The second kappa shape index (κ2) is 4.79. The molecule has 0 aliphatic heterocycles. The second-order valence-corrected chi connectivity index (χ2v) is 4.29. The predicted molar refractivity (Wildman–Crippen MR) is 59.5 cm³/mol. The van der Waals surface area contributed by atoms with Crippen LogP contribution in [0.3, 0.4) is 0 Å². The van der Waals surface area contributed by atoms with Crippen LogP contribution in [0.1, 0.15) is 44.2 Å². The summed E-state index contributed by atoms with van der Waals surface area (Å²) >= 11 is 5.82. The molecule has 0 aliphatic carbocycles. The van der Waals surface area contributed by atoms with E-state index in [1.165, 1.54) is 0 Å². The van der Waals surface area contributed by atoms with E-state index in [1.54, 1.807) is 6.07 Å². The maximum absolute atomic E-state index is 13.5. The van der Waals surface area contributed by atoms with E-state index in [9.17, 15) is 4.39 Å². The number of benzene rings is 1. The summed E-state index contributed by atoms with van der Waals surface area (Å²) in [5.74, 6) is 0.140. The van der Waals surface area contributed by atoms with E-state index in [0.29, 0.717) is 5.92 Å². The Morgan fingerprint density at radius 3 is 2.50 bits per heavy atom. The molecular weight excluding hydrogens is 199 g/mol. The summed E-state index contributed by atoms with van der Waals surface area (Å²) in [5, 5.41) is 0.250. The molecule has 14 heavy (non-hydrogen) atoms. The highest BCUT2D eigenvalue weighted by molar-refractivity contribution is 6.30. The van der Waals surface area contributed by atoms with E-state index >= 15 is 0 Å². The molecule has 2 heteroatoms. The summed E-state index contributed by atoms with van der Waals surface area (Å²) < 4.78 is 13.5. The minimum Gasteiger partial charge on any atom is -0.205 e. The van der Waals surface area contributed by atoms with Crippen molar-refractivity contribution in [3.8, 4) is 0 Å². The number of hydrogen-bond acceptors (Lipinski definition) is 0. The molecule has 78 valence electrons. The smallest absolute Gasteiger partial charge is 0.144 e. The summed E-state index contributed by atoms with van der Waals surface area (Å²) in [4.78, 5) is 0. The molecule has 0 saturated heterocycles. The Labute approximate surface area is 90.1 Å². The monoisotopic (exact) mass is 214 g/mol. The van der Waals surface area contributed by atoms with Gasteiger partial charge in [0.2, 0.25) is 0 Å². The number of hydrogen-bond donors (Lipinski definition) is 0. The minimum atomic E-state index is -0.252. The first-order chi connectivity index (χ1) is 6.56. The Bertz CT molecular complexity index is 318. The van der Waals surface area contributed by atoms with E-state index in [1.807, 2.05) is 13.0 Å². The van der Waals surface area contributed by atoms with Crippen molar-refractivity contribution in [2.45, 2.75) is 39.5 Å². The molecule has 0 spiro atoms. The Morgan fingerprint density at radius 2 is 2.00 bits per heavy atom. The van der Waals surface area contributed by atoms with Crippen molar-refractivity contribution >= 4 is 11.6 Å². The van der Waals surface area contributed by atoms with Crippen LogP contribution < -0.4 is 0 Å². The molecule has 1 aromatic rings. The molecule has 0 radical (unpaired) electrons. The third-order valence-electron chi connectivity index (χ3n) is 2.31. The Balaban J connectivity index is 3.14. The molecular formula is C12H16ClF. The van der Waals surface area contributed by atoms with Crippen molar-refractivity contribution in [2.24, 2.45) is 0 Å². The van der Waals surface area contributed by atoms with Crippen LogP contribution in [0, 0.1) is 5.82 Å². The highest BCUT2D eigenvalue weighted by Gasteiger charge is 2.10. The van der Waals surface area contributed by atoms with Gasteiger partial charge in [-0.3, -0.25) is 0 Å². The molecule has 1 rings (SSSR count). The van der Waals surface area contributed by atoms with Crippen LogP contribution >= 0.6 is 11.6 Å². The van der Waals surface area contributed by atoms with Crippen molar-refractivity contribution in [3.05, 3.63) is 34.1 Å². The molecule has 0 saturated carbocycles. The minimum absolute atomic E-state index is 0.250. The van der Waals surface area contributed by atoms with Gasteiger partial charge < -0.3 is 0 Å². The zero-order valence-corrected chi connectivity index (χ0v) is 9.66. The molecule has 0 unspecified atom stereocenters. The van der Waals surface area contributed by atoms with Crippen molar-refractivity contribution in [3.63, 3.8) is 0 Å². The van der Waals surface area contributed by atoms with Crippen LogP contribution in [0.5, 0.6) is 0 Å². The van der Waals surface area contributed by atoms with Crippen LogP contribution in [0.4, 0.5) is 4.39 Å². The molecule has 0 aromatic heterocycles. The van der Waals surface area contributed by atoms with E-state index < -0.39 is 0 Å². The van der Waals surface area contributed by atoms with Crippen LogP contribution in [0.15, 0.2) is 12.1 Å². The highest BCUT2D eigenvalue weighted by atomic mass is 35.5. The largest absolute Gasteiger partial charge is 0.205 e. The number of rotatable bonds is 3. The van der Waals surface area contributed by atoms with Gasteiger partial charge in [0.05, 0.1) is 5.02 Å². The standard InChI is InChI=1S/C12H16ClF/c1-4-5-9-6-10(8(2)3)7-11(13)12(9)14/h6-8H,4-5H2,1-3H3. The first-order valence-corrected chi connectivity index (χ1v) is 5.41. The van der Waals surface area contributed by atoms with E-state index in [2.05, 4.69) is 13.8 Å². The fourth-order valence-electron chi connectivity index (χ4n) is 1.45. The normalized spacial score (nSPS) is 11.0. The fraction of sp³-hybridized carbons (Fsp3) is 0.500. The van der Waals surface area contributed by atoms with Gasteiger partial charge in [0.15, 0.2) is 0 Å². The van der Waals surface area contributed by atoms with Crippen LogP contribution in [0.25, 0.3) is 0 Å². The lowest BCUT2D eigenvalue weighted by Gasteiger charge is -2.10. The van der Waals surface area contributed by atoms with Crippen LogP contribution in [-0.4, -0.2) is 0 Å². The van der Waals surface area contributed by atoms with Gasteiger partial charge in [-0.25, -0.2) is 4.39 Å². The molecule has 0 nitrogen and oxygen atoms in total. The molecule has 0 amide bonds. The van der Waals surface area contributed by atoms with Gasteiger partial charge in [0, 0.05) is 0 Å². The summed E-state index contributed by atoms with van der Waals surface area (Å²) in [6, 6.07) is 3.65. The lowest BCUT2D eigenvalue weighted by molar-refractivity contribution is 0.606. The van der Waals surface area contributed by atoms with E-state index in [0.717, 1.165) is 24.0 Å². The molecule has 0 N–H and O–H groups in total. The van der Waals surface area contributed by atoms with Gasteiger partial charge in [-0.1, -0.05) is 44.9 Å². The maximum Gasteiger partial charge on any atom is 0.144 e. The Kier molecular flexibility index (Phi) is 3.94. The molecule has 0 heterocycles. The zero-order chi connectivity index (χ0) is 10.7. The van der Waals surface area contributed by atoms with Crippen molar-refractivity contribution in [2.75, 3.05) is 0 Å². The van der Waals surface area contributed by atoms with Crippen molar-refractivity contribution in [1.82, 2.24) is 0 Å².